The average molecular weight is 636 g/mol. The summed E-state index contributed by atoms with van der Waals surface area (Å²) >= 11 is 0. The van der Waals surface area contributed by atoms with E-state index in [0.717, 1.165) is 40.8 Å². The van der Waals surface area contributed by atoms with Crippen molar-refractivity contribution in [2.45, 2.75) is 38.1 Å². The molecular weight excluding hydrogens is 603 g/mol. The maximum absolute atomic E-state index is 13.7. The van der Waals surface area contributed by atoms with E-state index in [-0.39, 0.29) is 16.9 Å². The van der Waals surface area contributed by atoms with Crippen molar-refractivity contribution in [3.8, 4) is 17.5 Å². The zero-order chi connectivity index (χ0) is 33.0. The molecule has 47 heavy (non-hydrogen) atoms. The van der Waals surface area contributed by atoms with E-state index in [9.17, 15) is 23.2 Å². The molecule has 7 nitrogen and oxygen atoms in total. The van der Waals surface area contributed by atoms with Crippen LogP contribution in [0.25, 0.3) is 5.69 Å². The summed E-state index contributed by atoms with van der Waals surface area (Å²) in [4.78, 5) is 13.6. The van der Waals surface area contributed by atoms with Gasteiger partial charge in [-0.25, -0.2) is 4.68 Å². The number of benzene rings is 4. The normalized spacial score (nSPS) is 14.2. The summed E-state index contributed by atoms with van der Waals surface area (Å²) < 4.78 is 48.4. The van der Waals surface area contributed by atoms with Crippen LogP contribution in [0.1, 0.15) is 58.2 Å². The van der Waals surface area contributed by atoms with Crippen molar-refractivity contribution in [3.05, 3.63) is 143 Å². The summed E-state index contributed by atoms with van der Waals surface area (Å²) in [6, 6.07) is 33.5. The molecule has 6 rings (SSSR count). The van der Waals surface area contributed by atoms with Crippen molar-refractivity contribution in [1.82, 2.24) is 15.1 Å². The Morgan fingerprint density at radius 1 is 0.957 bits per heavy atom. The monoisotopic (exact) mass is 635 g/mol. The molecule has 5 aromatic rings. The number of anilines is 1. The van der Waals surface area contributed by atoms with Crippen molar-refractivity contribution >= 4 is 11.6 Å². The van der Waals surface area contributed by atoms with Gasteiger partial charge in [0.2, 0.25) is 0 Å². The summed E-state index contributed by atoms with van der Waals surface area (Å²) in [6.45, 7) is 3.23. The number of halogens is 3. The molecule has 4 aromatic carbocycles. The van der Waals surface area contributed by atoms with Gasteiger partial charge >= 0.3 is 6.18 Å². The van der Waals surface area contributed by atoms with Gasteiger partial charge in [0, 0.05) is 17.3 Å². The Morgan fingerprint density at radius 3 is 2.45 bits per heavy atom. The van der Waals surface area contributed by atoms with Crippen LogP contribution in [-0.4, -0.2) is 22.2 Å². The molecule has 0 spiro atoms. The fourth-order valence-corrected chi connectivity index (χ4v) is 5.45. The number of carbonyl (C=O) groups excluding carboxylic acids is 1. The first kappa shape index (κ1) is 31.6. The molecule has 1 aromatic heterocycles. The molecule has 1 fully saturated rings. The lowest BCUT2D eigenvalue weighted by atomic mass is 9.83. The van der Waals surface area contributed by atoms with Gasteiger partial charge in [-0.2, -0.15) is 23.5 Å². The molecule has 0 bridgehead atoms. The number of hydrogen-bond acceptors (Lipinski definition) is 5. The standard InChI is InChI=1S/C37H32F3N5O2/c1-36(42-23-25-17-18-25,31-15-5-6-16-33(31)47-24-26-9-3-2-4-10-26)28-12-8-13-29(20-28)43-35(46)32-21-34(37(38,39)40)44-45(32)30-14-7-11-27(19-30)22-41/h2-16,19-21,25,42H,17-18,23-24H2,1H3,(H,43,46). The number of ether oxygens (including phenoxy) is 1. The lowest BCUT2D eigenvalue weighted by molar-refractivity contribution is -0.141. The number of carbonyl (C=O) groups is 1. The second-order valence-corrected chi connectivity index (χ2v) is 11.7. The third kappa shape index (κ3) is 7.21. The zero-order valence-electron chi connectivity index (χ0n) is 25.6. The molecule has 238 valence electrons. The minimum Gasteiger partial charge on any atom is -0.489 e. The maximum Gasteiger partial charge on any atom is 0.435 e. The quantitative estimate of drug-likeness (QED) is 0.154. The van der Waals surface area contributed by atoms with E-state index in [4.69, 9.17) is 4.74 Å². The van der Waals surface area contributed by atoms with Crippen molar-refractivity contribution in [1.29, 1.82) is 5.26 Å². The van der Waals surface area contributed by atoms with Crippen LogP contribution in [0.5, 0.6) is 5.75 Å². The summed E-state index contributed by atoms with van der Waals surface area (Å²) in [7, 11) is 0. The van der Waals surface area contributed by atoms with E-state index in [1.54, 1.807) is 12.1 Å². The third-order valence-corrected chi connectivity index (χ3v) is 8.25. The molecule has 1 unspecified atom stereocenters. The molecule has 1 atom stereocenters. The van der Waals surface area contributed by atoms with Crippen LogP contribution < -0.4 is 15.4 Å². The largest absolute Gasteiger partial charge is 0.489 e. The summed E-state index contributed by atoms with van der Waals surface area (Å²) in [5.74, 6) is 0.490. The molecule has 0 aliphatic heterocycles. The van der Waals surface area contributed by atoms with Crippen LogP contribution in [0.15, 0.2) is 109 Å². The van der Waals surface area contributed by atoms with E-state index in [1.807, 2.05) is 72.8 Å². The van der Waals surface area contributed by atoms with Crippen molar-refractivity contribution in [3.63, 3.8) is 0 Å². The molecular formula is C37H32F3N5O2. The van der Waals surface area contributed by atoms with Gasteiger partial charge in [0.05, 0.1) is 22.9 Å². The maximum atomic E-state index is 13.7. The van der Waals surface area contributed by atoms with Crippen LogP contribution >= 0.6 is 0 Å². The highest BCUT2D eigenvalue weighted by molar-refractivity contribution is 6.03. The lowest BCUT2D eigenvalue weighted by Gasteiger charge is -2.34. The predicted molar refractivity (Wildman–Crippen MR) is 172 cm³/mol. The van der Waals surface area contributed by atoms with Crippen LogP contribution in [0.2, 0.25) is 0 Å². The summed E-state index contributed by atoms with van der Waals surface area (Å²) in [5.41, 5.74) is 1.25. The van der Waals surface area contributed by atoms with Crippen molar-refractivity contribution < 1.29 is 22.7 Å². The molecule has 10 heteroatoms. The third-order valence-electron chi connectivity index (χ3n) is 8.25. The zero-order valence-corrected chi connectivity index (χ0v) is 25.6. The second kappa shape index (κ2) is 13.1. The van der Waals surface area contributed by atoms with E-state index in [1.165, 1.54) is 24.3 Å². The molecule has 1 aliphatic carbocycles. The van der Waals surface area contributed by atoms with Gasteiger partial charge in [-0.1, -0.05) is 66.7 Å². The first-order valence-electron chi connectivity index (χ1n) is 15.2. The number of nitrogens with zero attached hydrogens (tertiary/aromatic N) is 3. The molecule has 1 amide bonds. The molecule has 1 heterocycles. The Labute approximate surface area is 270 Å². The van der Waals surface area contributed by atoms with Crippen molar-refractivity contribution in [2.24, 2.45) is 5.92 Å². The lowest BCUT2D eigenvalue weighted by Crippen LogP contribution is -2.42. The number of nitrogens with one attached hydrogen (secondary N) is 2. The van der Waals surface area contributed by atoms with E-state index in [2.05, 4.69) is 22.7 Å². The number of hydrogen-bond donors (Lipinski definition) is 2. The van der Waals surface area contributed by atoms with Gasteiger partial charge in [-0.05, 0) is 79.8 Å². The summed E-state index contributed by atoms with van der Waals surface area (Å²) in [6.07, 6.45) is -2.48. The molecule has 1 saturated carbocycles. The van der Waals surface area contributed by atoms with Gasteiger partial charge in [0.1, 0.15) is 18.1 Å². The van der Waals surface area contributed by atoms with Crippen molar-refractivity contribution in [2.75, 3.05) is 11.9 Å². The molecule has 0 saturated heterocycles. The SMILES string of the molecule is CC(NCC1CC1)(c1cccc(NC(=O)c2cc(C(F)(F)F)nn2-c2cccc(C#N)c2)c1)c1ccccc1OCc1ccccc1. The minimum atomic E-state index is -4.78. The molecule has 2 N–H and O–H groups in total. The fourth-order valence-electron chi connectivity index (χ4n) is 5.45. The molecule has 0 radical (unpaired) electrons. The number of alkyl halides is 3. The Balaban J connectivity index is 1.33. The predicted octanol–water partition coefficient (Wildman–Crippen LogP) is 7.86. The van der Waals surface area contributed by atoms with Crippen LogP contribution in [0.3, 0.4) is 0 Å². The first-order chi connectivity index (χ1) is 22.6. The topological polar surface area (TPSA) is 92.0 Å². The van der Waals surface area contributed by atoms with Crippen LogP contribution in [-0.2, 0) is 18.3 Å². The van der Waals surface area contributed by atoms with Gasteiger partial charge in [0.25, 0.3) is 5.91 Å². The van der Waals surface area contributed by atoms with E-state index in [0.29, 0.717) is 30.0 Å². The van der Waals surface area contributed by atoms with Crippen LogP contribution in [0, 0.1) is 17.2 Å². The Morgan fingerprint density at radius 2 is 1.70 bits per heavy atom. The number of para-hydroxylation sites is 1. The Hall–Kier alpha value is -5.40. The van der Waals surface area contributed by atoms with E-state index < -0.39 is 23.3 Å². The fraction of sp³-hybridized carbons (Fsp3) is 0.216. The highest BCUT2D eigenvalue weighted by Gasteiger charge is 2.37. The van der Waals surface area contributed by atoms with Gasteiger partial charge < -0.3 is 15.4 Å². The van der Waals surface area contributed by atoms with Gasteiger partial charge in [-0.3, -0.25) is 4.79 Å². The molecule has 1 aliphatic rings. The highest BCUT2D eigenvalue weighted by Crippen LogP contribution is 2.39. The first-order valence-corrected chi connectivity index (χ1v) is 15.2. The highest BCUT2D eigenvalue weighted by atomic mass is 19.4. The Bertz CT molecular complexity index is 1930. The Kier molecular flexibility index (Phi) is 8.83. The summed E-state index contributed by atoms with van der Waals surface area (Å²) in [5, 5.41) is 19.5. The van der Waals surface area contributed by atoms with Crippen LogP contribution in [0.4, 0.5) is 18.9 Å². The number of nitriles is 1. The second-order valence-electron chi connectivity index (χ2n) is 11.7. The number of amides is 1. The van der Waals surface area contributed by atoms with Gasteiger partial charge in [-0.15, -0.1) is 0 Å². The number of rotatable bonds is 11. The minimum absolute atomic E-state index is 0.155. The smallest absolute Gasteiger partial charge is 0.435 e. The van der Waals surface area contributed by atoms with Gasteiger partial charge in [0.15, 0.2) is 5.69 Å². The average Bonchev–Trinajstić information content (AvgIpc) is 3.80. The van der Waals surface area contributed by atoms with E-state index >= 15 is 0 Å². The number of aromatic nitrogens is 2.